The number of hydrogen-bond donors (Lipinski definition) is 1. The minimum absolute atomic E-state index is 0.00928. The molecule has 5 aromatic rings. The number of non-ortho nitro benzene ring substituents is 2. The highest BCUT2D eigenvalue weighted by Crippen LogP contribution is 2.31. The quantitative estimate of drug-likeness (QED) is 0.154. The van der Waals surface area contributed by atoms with Crippen LogP contribution in [0.3, 0.4) is 0 Å². The Bertz CT molecular complexity index is 1760. The van der Waals surface area contributed by atoms with Crippen LogP contribution in [0.1, 0.15) is 13.8 Å². The van der Waals surface area contributed by atoms with Crippen molar-refractivity contribution >= 4 is 45.1 Å². The van der Waals surface area contributed by atoms with Gasteiger partial charge < -0.3 is 9.32 Å². The van der Waals surface area contributed by atoms with E-state index in [1.807, 2.05) is 29.6 Å². The van der Waals surface area contributed by atoms with Crippen LogP contribution in [0.25, 0.3) is 32.8 Å². The highest BCUT2D eigenvalue weighted by molar-refractivity contribution is 7.13. The molecular weight excluding hydrogens is 532 g/mol. The van der Waals surface area contributed by atoms with Gasteiger partial charge in [-0.3, -0.25) is 25.7 Å². The van der Waals surface area contributed by atoms with Gasteiger partial charge in [-0.15, -0.1) is 16.4 Å². The summed E-state index contributed by atoms with van der Waals surface area (Å²) in [6.45, 7) is 5.88. The van der Waals surface area contributed by atoms with Gasteiger partial charge in [0.2, 0.25) is 5.55 Å². The zero-order valence-electron chi connectivity index (χ0n) is 21.6. The molecule has 0 fully saturated rings. The number of benzene rings is 3. The number of fused-ring (bicyclic) bond motifs is 1. The molecule has 0 bridgehead atoms. The van der Waals surface area contributed by atoms with Gasteiger partial charge >= 0.3 is 0 Å². The molecule has 12 heteroatoms. The molecule has 0 aliphatic heterocycles. The van der Waals surface area contributed by atoms with Crippen LogP contribution in [-0.2, 0) is 0 Å². The minimum Gasteiger partial charge on any atom is -0.436 e. The molecule has 3 aromatic carbocycles. The number of anilines is 2. The summed E-state index contributed by atoms with van der Waals surface area (Å²) in [6.07, 6.45) is 0. The molecule has 1 N–H and O–H groups in total. The number of nitro benzene ring substituents is 2. The second kappa shape index (κ2) is 11.3. The first-order chi connectivity index (χ1) is 19.4. The Morgan fingerprint density at radius 3 is 2.20 bits per heavy atom. The van der Waals surface area contributed by atoms with E-state index in [2.05, 4.69) is 29.3 Å². The lowest BCUT2D eigenvalue weighted by atomic mass is 10.1. The zero-order valence-corrected chi connectivity index (χ0v) is 22.4. The number of aromatic nitrogens is 1. The first kappa shape index (κ1) is 26.5. The summed E-state index contributed by atoms with van der Waals surface area (Å²) in [4.78, 5) is 28.1. The fourth-order valence-corrected chi connectivity index (χ4v) is 5.02. The lowest BCUT2D eigenvalue weighted by Crippen LogP contribution is -2.21. The molecule has 0 spiro atoms. The summed E-state index contributed by atoms with van der Waals surface area (Å²) >= 11 is 1.40. The van der Waals surface area contributed by atoms with Crippen molar-refractivity contribution in [3.05, 3.63) is 104 Å². The number of nitro groups is 2. The van der Waals surface area contributed by atoms with Gasteiger partial charge in [-0.05, 0) is 56.3 Å². The van der Waals surface area contributed by atoms with E-state index >= 15 is 0 Å². The highest BCUT2D eigenvalue weighted by atomic mass is 32.1. The zero-order chi connectivity index (χ0) is 28.2. The molecule has 2 heterocycles. The third-order valence-electron chi connectivity index (χ3n) is 6.34. The van der Waals surface area contributed by atoms with Gasteiger partial charge in [0.25, 0.3) is 11.4 Å². The Morgan fingerprint density at radius 2 is 1.57 bits per heavy atom. The minimum atomic E-state index is -0.462. The monoisotopic (exact) mass is 556 g/mol. The van der Waals surface area contributed by atoms with Crippen molar-refractivity contribution in [2.24, 2.45) is 5.10 Å². The van der Waals surface area contributed by atoms with E-state index in [9.17, 15) is 20.2 Å². The molecule has 202 valence electrons. The summed E-state index contributed by atoms with van der Waals surface area (Å²) in [6, 6.07) is 20.1. The van der Waals surface area contributed by atoms with Crippen molar-refractivity contribution in [1.29, 1.82) is 0 Å². The first-order valence-corrected chi connectivity index (χ1v) is 13.3. The van der Waals surface area contributed by atoms with E-state index in [1.54, 1.807) is 24.3 Å². The molecule has 0 aliphatic carbocycles. The summed E-state index contributed by atoms with van der Waals surface area (Å²) < 4.78 is 6.30. The Kier molecular flexibility index (Phi) is 7.51. The summed E-state index contributed by atoms with van der Waals surface area (Å²) in [5.41, 5.74) is 7.48. The number of thiazole rings is 1. The van der Waals surface area contributed by atoms with Crippen LogP contribution in [-0.4, -0.2) is 27.9 Å². The molecule has 0 saturated carbocycles. The third kappa shape index (κ3) is 5.52. The van der Waals surface area contributed by atoms with Gasteiger partial charge in [-0.2, -0.15) is 0 Å². The van der Waals surface area contributed by atoms with Crippen molar-refractivity contribution in [3.63, 3.8) is 0 Å². The van der Waals surface area contributed by atoms with Crippen molar-refractivity contribution in [1.82, 2.24) is 4.98 Å². The number of hydrogen-bond acceptors (Lipinski definition) is 10. The standard InChI is InChI=1S/C28H24N6O5S/c1-3-32(4-2)23-12-7-19-15-24(28-29-25(17-40-28)18-5-10-21(11-6-18)33(35)36)27(39-26(19)16-23)31-30-20-8-13-22(14-9-20)34(37)38/h5-17,30H,3-4H2,1-2H3/b31-27-. The van der Waals surface area contributed by atoms with Crippen LogP contribution in [0.2, 0.25) is 0 Å². The molecule has 0 unspecified atom stereocenters. The lowest BCUT2D eigenvalue weighted by molar-refractivity contribution is -0.385. The molecule has 0 saturated heterocycles. The molecule has 11 nitrogen and oxygen atoms in total. The molecule has 2 aromatic heterocycles. The molecule has 0 radical (unpaired) electrons. The smallest absolute Gasteiger partial charge is 0.269 e. The van der Waals surface area contributed by atoms with E-state index in [4.69, 9.17) is 9.40 Å². The second-order valence-corrected chi connectivity index (χ2v) is 9.59. The Balaban J connectivity index is 1.58. The van der Waals surface area contributed by atoms with Crippen LogP contribution in [0.5, 0.6) is 0 Å². The lowest BCUT2D eigenvalue weighted by Gasteiger charge is -2.21. The van der Waals surface area contributed by atoms with Crippen molar-refractivity contribution in [2.45, 2.75) is 13.8 Å². The van der Waals surface area contributed by atoms with Gasteiger partial charge in [0.05, 0.1) is 26.8 Å². The average molecular weight is 557 g/mol. The fourth-order valence-electron chi connectivity index (χ4n) is 4.19. The van der Waals surface area contributed by atoms with Gasteiger partial charge in [0, 0.05) is 65.4 Å². The first-order valence-electron chi connectivity index (χ1n) is 12.4. The second-order valence-electron chi connectivity index (χ2n) is 8.73. The van der Waals surface area contributed by atoms with Crippen molar-refractivity contribution < 1.29 is 14.3 Å². The normalized spacial score (nSPS) is 11.5. The molecule has 0 aliphatic rings. The maximum atomic E-state index is 11.0. The Morgan fingerprint density at radius 1 is 0.925 bits per heavy atom. The average Bonchev–Trinajstić information content (AvgIpc) is 3.46. The maximum Gasteiger partial charge on any atom is 0.269 e. The topological polar surface area (TPSA) is 140 Å². The Hall–Kier alpha value is -5.10. The SMILES string of the molecule is CCN(CC)c1ccc2cc(-c3nc(-c4ccc([N+](=O)[O-])cc4)cs3)/c(=N/Nc3ccc([N+](=O)[O-])cc3)oc2c1. The van der Waals surface area contributed by atoms with Gasteiger partial charge in [0.15, 0.2) is 0 Å². The van der Waals surface area contributed by atoms with E-state index in [1.165, 1.54) is 35.6 Å². The van der Waals surface area contributed by atoms with Crippen molar-refractivity contribution in [2.75, 3.05) is 23.4 Å². The third-order valence-corrected chi connectivity index (χ3v) is 7.21. The van der Waals surface area contributed by atoms with Crippen LogP contribution in [0.4, 0.5) is 22.7 Å². The van der Waals surface area contributed by atoms with Gasteiger partial charge in [-0.1, -0.05) is 0 Å². The maximum absolute atomic E-state index is 11.0. The highest BCUT2D eigenvalue weighted by Gasteiger charge is 2.15. The largest absolute Gasteiger partial charge is 0.436 e. The summed E-state index contributed by atoms with van der Waals surface area (Å²) in [5.74, 6) is 0. The molecule has 40 heavy (non-hydrogen) atoms. The van der Waals surface area contributed by atoms with Crippen molar-refractivity contribution in [3.8, 4) is 21.8 Å². The predicted octanol–water partition coefficient (Wildman–Crippen LogP) is 6.81. The van der Waals surface area contributed by atoms with E-state index in [0.717, 1.165) is 29.7 Å². The predicted molar refractivity (Wildman–Crippen MR) is 155 cm³/mol. The van der Waals surface area contributed by atoms with Crippen LogP contribution in [0, 0.1) is 20.2 Å². The Labute approximate surface area is 232 Å². The molecule has 0 atom stereocenters. The number of nitrogens with zero attached hydrogens (tertiary/aromatic N) is 5. The summed E-state index contributed by atoms with van der Waals surface area (Å²) in [7, 11) is 0. The van der Waals surface area contributed by atoms with E-state index < -0.39 is 9.85 Å². The molecule has 0 amide bonds. The van der Waals surface area contributed by atoms with Crippen LogP contribution < -0.4 is 15.9 Å². The molecular formula is C28H24N6O5S. The summed E-state index contributed by atoms with van der Waals surface area (Å²) in [5, 5.41) is 29.9. The van der Waals surface area contributed by atoms with Gasteiger partial charge in [0.1, 0.15) is 10.6 Å². The number of nitrogens with one attached hydrogen (secondary N) is 1. The van der Waals surface area contributed by atoms with Crippen LogP contribution >= 0.6 is 11.3 Å². The van der Waals surface area contributed by atoms with Crippen LogP contribution in [0.15, 0.2) is 87.7 Å². The van der Waals surface area contributed by atoms with Gasteiger partial charge in [-0.25, -0.2) is 4.98 Å². The molecule has 5 rings (SSSR count). The van der Waals surface area contributed by atoms with E-state index in [-0.39, 0.29) is 16.9 Å². The fraction of sp³-hybridized carbons (Fsp3) is 0.143. The number of rotatable bonds is 9. The van der Waals surface area contributed by atoms with E-state index in [0.29, 0.717) is 27.5 Å².